The Hall–Kier alpha value is -3.36. The van der Waals surface area contributed by atoms with Crippen molar-refractivity contribution in [1.82, 2.24) is 10.6 Å². The molecule has 0 unspecified atom stereocenters. The summed E-state index contributed by atoms with van der Waals surface area (Å²) in [5.74, 6) is -1.86. The number of aliphatic carboxylic acids is 2. The van der Waals surface area contributed by atoms with Crippen LogP contribution in [0, 0.1) is 0 Å². The molecule has 0 aliphatic carbocycles. The number of hydrogen-bond acceptors (Lipinski definition) is 14. The third kappa shape index (κ3) is 25.6. The van der Waals surface area contributed by atoms with Crippen molar-refractivity contribution in [2.45, 2.75) is 76.5 Å². The zero-order valence-electron chi connectivity index (χ0n) is 29.4. The first-order valence-electron chi connectivity index (χ1n) is 15.5. The van der Waals surface area contributed by atoms with Gasteiger partial charge in [0, 0.05) is 24.2 Å². The number of aliphatic hydroxyl groups is 10. The van der Waals surface area contributed by atoms with Gasteiger partial charge >= 0.3 is 11.9 Å². The number of aliphatic hydroxyl groups excluding tert-OH is 10. The van der Waals surface area contributed by atoms with Crippen molar-refractivity contribution in [2.75, 3.05) is 40.4 Å². The first-order valence-corrected chi connectivity index (χ1v) is 15.5. The van der Waals surface area contributed by atoms with Crippen LogP contribution in [0.5, 0.6) is 0 Å². The first-order chi connectivity index (χ1) is 23.3. The number of carboxylic acid groups (broad SMARTS) is 2. The third-order valence-corrected chi connectivity index (χ3v) is 6.39. The van der Waals surface area contributed by atoms with Gasteiger partial charge in [-0.25, -0.2) is 9.59 Å². The molecule has 0 spiro atoms. The number of allylic oxidation sites excluding steroid dienone is 12. The summed E-state index contributed by atoms with van der Waals surface area (Å²) in [6.07, 6.45) is 6.41. The Bertz CT molecular complexity index is 1070. The molecule has 0 rings (SSSR count). The number of carbonyl (C=O) groups is 2. The fourth-order valence-corrected chi connectivity index (χ4v) is 3.14. The highest BCUT2D eigenvalue weighted by Gasteiger charge is 2.30. The Morgan fingerprint density at radius 1 is 0.500 bits per heavy atom. The van der Waals surface area contributed by atoms with Gasteiger partial charge in [-0.3, -0.25) is 0 Å². The molecular weight excluding hydrogens is 660 g/mol. The summed E-state index contributed by atoms with van der Waals surface area (Å²) in [7, 11) is 3.15. The Kier molecular flexibility index (Phi) is 31.1. The van der Waals surface area contributed by atoms with Gasteiger partial charge in [0.25, 0.3) is 0 Å². The summed E-state index contributed by atoms with van der Waals surface area (Å²) in [6, 6.07) is 0. The van der Waals surface area contributed by atoms with Crippen molar-refractivity contribution in [2.24, 2.45) is 0 Å². The van der Waals surface area contributed by atoms with Crippen LogP contribution in [0.15, 0.2) is 83.1 Å². The molecule has 0 saturated carbocycles. The molecule has 0 amide bonds. The van der Waals surface area contributed by atoms with E-state index >= 15 is 0 Å². The van der Waals surface area contributed by atoms with E-state index in [1.54, 1.807) is 52.2 Å². The predicted molar refractivity (Wildman–Crippen MR) is 188 cm³/mol. The lowest BCUT2D eigenvalue weighted by molar-refractivity contribution is -0.133. The molecule has 16 nitrogen and oxygen atoms in total. The van der Waals surface area contributed by atoms with Gasteiger partial charge in [0.05, 0.1) is 25.4 Å². The van der Waals surface area contributed by atoms with Crippen LogP contribution < -0.4 is 10.6 Å². The summed E-state index contributed by atoms with van der Waals surface area (Å²) in [4.78, 5) is 21.2. The number of likely N-dealkylation sites (N-methyl/N-ethyl adjacent to an activating group) is 2. The second-order valence-electron chi connectivity index (χ2n) is 10.9. The maximum absolute atomic E-state index is 10.6. The third-order valence-electron chi connectivity index (χ3n) is 6.39. The van der Waals surface area contributed by atoms with Crippen LogP contribution in [0.4, 0.5) is 0 Å². The number of nitrogens with one attached hydrogen (secondary N) is 2. The van der Waals surface area contributed by atoms with E-state index in [4.69, 9.17) is 51.1 Å². The Morgan fingerprint density at radius 2 is 0.780 bits per heavy atom. The van der Waals surface area contributed by atoms with E-state index in [2.05, 4.69) is 10.6 Å². The average molecular weight is 719 g/mol. The topological polar surface area (TPSA) is 301 Å². The van der Waals surface area contributed by atoms with E-state index in [1.807, 2.05) is 50.3 Å². The Morgan fingerprint density at radius 3 is 1.02 bits per heavy atom. The van der Waals surface area contributed by atoms with Crippen LogP contribution in [-0.2, 0) is 9.59 Å². The maximum atomic E-state index is 10.6. The smallest absolute Gasteiger partial charge is 0.331 e. The lowest BCUT2D eigenvalue weighted by Gasteiger charge is -2.25. The van der Waals surface area contributed by atoms with Gasteiger partial charge in [-0.05, 0) is 41.8 Å². The molecule has 16 heteroatoms. The second-order valence-corrected chi connectivity index (χ2v) is 10.9. The molecule has 50 heavy (non-hydrogen) atoms. The van der Waals surface area contributed by atoms with Gasteiger partial charge in [-0.2, -0.15) is 0 Å². The van der Waals surface area contributed by atoms with E-state index in [1.165, 1.54) is 0 Å². The van der Waals surface area contributed by atoms with E-state index in [0.29, 0.717) is 0 Å². The Balaban J connectivity index is -0.000000721. The molecule has 14 N–H and O–H groups in total. The molecule has 0 aromatic rings. The summed E-state index contributed by atoms with van der Waals surface area (Å²) in [5, 5.41) is 112. The minimum Gasteiger partial charge on any atom is -0.478 e. The van der Waals surface area contributed by atoms with Gasteiger partial charge in [-0.1, -0.05) is 71.9 Å². The summed E-state index contributed by atoms with van der Waals surface area (Å²) >= 11 is 0. The van der Waals surface area contributed by atoms with E-state index in [0.717, 1.165) is 11.1 Å². The van der Waals surface area contributed by atoms with Crippen LogP contribution in [0.2, 0.25) is 0 Å². The molecule has 0 saturated heterocycles. The van der Waals surface area contributed by atoms with E-state index in [9.17, 15) is 19.8 Å². The molecular formula is C34H58N2O14. The lowest BCUT2D eigenvalue weighted by atomic mass is 10.0. The molecule has 8 atom stereocenters. The molecule has 0 bridgehead atoms. The second kappa shape index (κ2) is 30.5. The van der Waals surface area contributed by atoms with Gasteiger partial charge in [-0.15, -0.1) is 0 Å². The van der Waals surface area contributed by atoms with Crippen molar-refractivity contribution in [3.8, 4) is 0 Å². The average Bonchev–Trinajstić information content (AvgIpc) is 3.08. The van der Waals surface area contributed by atoms with Crippen LogP contribution in [-0.4, -0.2) is 162 Å². The maximum Gasteiger partial charge on any atom is 0.331 e. The highest BCUT2D eigenvalue weighted by atomic mass is 16.4. The summed E-state index contributed by atoms with van der Waals surface area (Å²) in [5.41, 5.74) is 2.55. The summed E-state index contributed by atoms with van der Waals surface area (Å²) in [6.45, 7) is 5.78. The zero-order chi connectivity index (χ0) is 39.4. The molecule has 0 aromatic carbocycles. The SMILES string of the molecule is CC(/C=C/C=C(\C)C(=O)O)=C\C=C\C=C(C)\C=C\C=C(/C)C(=O)O.CNC[C@H](O)[C@@H](O)[C@H](O)[C@H](O)CO.CNC[C@H](O)[C@@H](O)[C@H](O)[C@H](O)CO. The largest absolute Gasteiger partial charge is 0.478 e. The minimum absolute atomic E-state index is 0.0936. The molecule has 0 aromatic heterocycles. The standard InChI is InChI=1S/C20H24O4.2C7H17NO5/c1-15(11-7-13-17(3)19(21)22)9-5-6-10-16(2)12-8-14-18(4)20(23)24;2*1-8-2-4(10)6(12)7(13)5(11)3-9/h5-14H,1-4H3,(H,21,22)(H,23,24);2*4-13H,2-3H2,1H3/b6-5+,11-7+,12-8+,15-9+,16-10+,17-13+,18-14+;;/t;2*4-,5+,6+,7+/m.00/s1. The van der Waals surface area contributed by atoms with E-state index < -0.39 is 74.0 Å². The van der Waals surface area contributed by atoms with Crippen LogP contribution in [0.3, 0.4) is 0 Å². The van der Waals surface area contributed by atoms with Crippen LogP contribution in [0.25, 0.3) is 0 Å². The van der Waals surface area contributed by atoms with Crippen molar-refractivity contribution < 1.29 is 70.9 Å². The fourth-order valence-electron chi connectivity index (χ4n) is 3.14. The quantitative estimate of drug-likeness (QED) is 0.0473. The monoisotopic (exact) mass is 718 g/mol. The van der Waals surface area contributed by atoms with Crippen molar-refractivity contribution >= 4 is 11.9 Å². The van der Waals surface area contributed by atoms with Gasteiger partial charge < -0.3 is 71.9 Å². The van der Waals surface area contributed by atoms with Crippen LogP contribution in [0.1, 0.15) is 27.7 Å². The van der Waals surface area contributed by atoms with E-state index in [-0.39, 0.29) is 24.2 Å². The molecule has 0 radical (unpaired) electrons. The minimum atomic E-state index is -1.55. The highest BCUT2D eigenvalue weighted by Crippen LogP contribution is 2.05. The zero-order valence-corrected chi connectivity index (χ0v) is 29.4. The van der Waals surface area contributed by atoms with Crippen molar-refractivity contribution in [3.05, 3.63) is 83.1 Å². The Labute approximate surface area is 293 Å². The molecule has 0 heterocycles. The number of hydrogen-bond donors (Lipinski definition) is 14. The van der Waals surface area contributed by atoms with Crippen LogP contribution >= 0.6 is 0 Å². The number of carboxylic acids is 2. The number of rotatable bonds is 20. The van der Waals surface area contributed by atoms with Gasteiger partial charge in [0.2, 0.25) is 0 Å². The fraction of sp³-hybridized carbons (Fsp3) is 0.529. The molecule has 288 valence electrons. The lowest BCUT2D eigenvalue weighted by Crippen LogP contribution is -2.48. The normalized spacial score (nSPS) is 18.0. The highest BCUT2D eigenvalue weighted by molar-refractivity contribution is 5.86. The van der Waals surface area contributed by atoms with Gasteiger partial charge in [0.1, 0.15) is 36.6 Å². The first kappa shape index (κ1) is 51.0. The van der Waals surface area contributed by atoms with Crippen molar-refractivity contribution in [1.29, 1.82) is 0 Å². The predicted octanol–water partition coefficient (Wildman–Crippen LogP) is -2.11. The van der Waals surface area contributed by atoms with Crippen molar-refractivity contribution in [3.63, 3.8) is 0 Å². The molecule has 0 aliphatic heterocycles. The summed E-state index contributed by atoms with van der Waals surface area (Å²) < 4.78 is 0. The molecule has 0 fully saturated rings. The van der Waals surface area contributed by atoms with Gasteiger partial charge in [0.15, 0.2) is 0 Å². The molecule has 0 aliphatic rings.